The van der Waals surface area contributed by atoms with E-state index in [9.17, 15) is 0 Å². The second-order valence-electron chi connectivity index (χ2n) is 5.66. The Morgan fingerprint density at radius 1 is 1.14 bits per heavy atom. The fraction of sp³-hybridized carbons (Fsp3) is 0.438. The van der Waals surface area contributed by atoms with Gasteiger partial charge in [-0.2, -0.15) is 0 Å². The maximum absolute atomic E-state index is 6.40. The van der Waals surface area contributed by atoms with Gasteiger partial charge >= 0.3 is 0 Å². The number of hydrogen-bond donors (Lipinski definition) is 1. The third-order valence-corrected chi connectivity index (χ3v) is 4.93. The SMILES string of the molecule is CC(C)NC(c1nc(C(C)C)cs1)c1cccc(Cl)c1Cl. The molecule has 0 amide bonds. The molecule has 2 nitrogen and oxygen atoms in total. The summed E-state index contributed by atoms with van der Waals surface area (Å²) in [6.45, 7) is 8.52. The summed E-state index contributed by atoms with van der Waals surface area (Å²) in [5.74, 6) is 0.421. The fourth-order valence-corrected chi connectivity index (χ4v) is 3.54. The van der Waals surface area contributed by atoms with Crippen molar-refractivity contribution >= 4 is 34.5 Å². The van der Waals surface area contributed by atoms with Crippen LogP contribution in [0.4, 0.5) is 0 Å². The summed E-state index contributed by atoms with van der Waals surface area (Å²) in [6, 6.07) is 6.02. The van der Waals surface area contributed by atoms with Crippen molar-refractivity contribution in [3.8, 4) is 0 Å². The first-order chi connectivity index (χ1) is 9.90. The molecule has 21 heavy (non-hydrogen) atoms. The van der Waals surface area contributed by atoms with Crippen molar-refractivity contribution in [1.29, 1.82) is 0 Å². The lowest BCUT2D eigenvalue weighted by atomic mass is 10.1. The molecule has 1 unspecified atom stereocenters. The van der Waals surface area contributed by atoms with Gasteiger partial charge in [0, 0.05) is 11.4 Å². The van der Waals surface area contributed by atoms with Gasteiger partial charge in [0.25, 0.3) is 0 Å². The largest absolute Gasteiger partial charge is 0.302 e. The lowest BCUT2D eigenvalue weighted by Crippen LogP contribution is -2.29. The van der Waals surface area contributed by atoms with E-state index in [1.54, 1.807) is 17.4 Å². The topological polar surface area (TPSA) is 24.9 Å². The van der Waals surface area contributed by atoms with E-state index in [0.29, 0.717) is 22.0 Å². The lowest BCUT2D eigenvalue weighted by molar-refractivity contribution is 0.526. The van der Waals surface area contributed by atoms with Crippen LogP contribution in [0.2, 0.25) is 10.0 Å². The Bertz CT molecular complexity index is 608. The molecule has 0 aliphatic heterocycles. The number of halogens is 2. The van der Waals surface area contributed by atoms with E-state index in [2.05, 4.69) is 38.4 Å². The van der Waals surface area contributed by atoms with Gasteiger partial charge in [-0.25, -0.2) is 4.98 Å². The number of rotatable bonds is 5. The van der Waals surface area contributed by atoms with E-state index in [1.807, 2.05) is 12.1 Å². The highest BCUT2D eigenvalue weighted by atomic mass is 35.5. The Morgan fingerprint density at radius 3 is 2.43 bits per heavy atom. The van der Waals surface area contributed by atoms with Crippen LogP contribution in [0.3, 0.4) is 0 Å². The molecule has 1 N–H and O–H groups in total. The van der Waals surface area contributed by atoms with Crippen LogP contribution >= 0.6 is 34.5 Å². The van der Waals surface area contributed by atoms with E-state index in [-0.39, 0.29) is 6.04 Å². The third kappa shape index (κ3) is 3.98. The number of benzene rings is 1. The van der Waals surface area contributed by atoms with Crippen molar-refractivity contribution in [3.05, 3.63) is 49.9 Å². The maximum Gasteiger partial charge on any atom is 0.114 e. The molecule has 0 radical (unpaired) electrons. The van der Waals surface area contributed by atoms with E-state index in [1.165, 1.54) is 0 Å². The standard InChI is InChI=1S/C16H20Cl2N2S/c1-9(2)13-8-21-16(20-13)15(19-10(3)4)11-6-5-7-12(17)14(11)18/h5-10,15,19H,1-4H3. The van der Waals surface area contributed by atoms with Crippen molar-refractivity contribution in [1.82, 2.24) is 10.3 Å². The molecular formula is C16H20Cl2N2S. The molecule has 114 valence electrons. The molecule has 0 saturated carbocycles. The molecule has 1 heterocycles. The van der Waals surface area contributed by atoms with Crippen molar-refractivity contribution in [2.75, 3.05) is 0 Å². The molecule has 0 aliphatic rings. The molecule has 2 rings (SSSR count). The van der Waals surface area contributed by atoms with Gasteiger partial charge in [-0.05, 0) is 31.4 Å². The van der Waals surface area contributed by atoms with E-state index < -0.39 is 0 Å². The molecule has 1 aromatic carbocycles. The molecule has 0 aliphatic carbocycles. The molecule has 5 heteroatoms. The summed E-state index contributed by atoms with van der Waals surface area (Å²) in [4.78, 5) is 4.76. The van der Waals surface area contributed by atoms with Crippen molar-refractivity contribution in [3.63, 3.8) is 0 Å². The Hall–Kier alpha value is -0.610. The van der Waals surface area contributed by atoms with Crippen LogP contribution in [0.25, 0.3) is 0 Å². The first-order valence-electron chi connectivity index (χ1n) is 7.05. The normalized spacial score (nSPS) is 13.1. The predicted molar refractivity (Wildman–Crippen MR) is 92.8 cm³/mol. The highest BCUT2D eigenvalue weighted by Crippen LogP contribution is 2.35. The first kappa shape index (κ1) is 16.8. The van der Waals surface area contributed by atoms with Crippen LogP contribution in [0.1, 0.15) is 55.9 Å². The third-order valence-electron chi connectivity index (χ3n) is 3.17. The summed E-state index contributed by atoms with van der Waals surface area (Å²) in [5.41, 5.74) is 2.09. The van der Waals surface area contributed by atoms with Gasteiger partial charge in [-0.15, -0.1) is 11.3 Å². The van der Waals surface area contributed by atoms with Crippen molar-refractivity contribution in [2.45, 2.75) is 45.7 Å². The van der Waals surface area contributed by atoms with Gasteiger partial charge < -0.3 is 5.32 Å². The number of nitrogens with zero attached hydrogens (tertiary/aromatic N) is 1. The van der Waals surface area contributed by atoms with Crippen molar-refractivity contribution in [2.24, 2.45) is 0 Å². The zero-order valence-electron chi connectivity index (χ0n) is 12.7. The van der Waals surface area contributed by atoms with Gasteiger partial charge in [-0.1, -0.05) is 49.2 Å². The molecule has 0 saturated heterocycles. The maximum atomic E-state index is 6.40. The van der Waals surface area contributed by atoms with Crippen molar-refractivity contribution < 1.29 is 0 Å². The first-order valence-corrected chi connectivity index (χ1v) is 8.69. The number of hydrogen-bond acceptors (Lipinski definition) is 3. The quantitative estimate of drug-likeness (QED) is 0.758. The Morgan fingerprint density at radius 2 is 1.86 bits per heavy atom. The molecule has 1 atom stereocenters. The van der Waals surface area contributed by atoms with Crippen LogP contribution in [0, 0.1) is 0 Å². The van der Waals surface area contributed by atoms with Crippen LogP contribution in [0.15, 0.2) is 23.6 Å². The van der Waals surface area contributed by atoms with Crippen LogP contribution in [-0.4, -0.2) is 11.0 Å². The van der Waals surface area contributed by atoms with Crippen LogP contribution < -0.4 is 5.32 Å². The predicted octanol–water partition coefficient (Wildman–Crippen LogP) is 5.66. The van der Waals surface area contributed by atoms with E-state index in [4.69, 9.17) is 28.2 Å². The minimum atomic E-state index is -0.0336. The van der Waals surface area contributed by atoms with Gasteiger partial charge in [0.05, 0.1) is 21.8 Å². The zero-order valence-corrected chi connectivity index (χ0v) is 15.0. The molecule has 0 spiro atoms. The summed E-state index contributed by atoms with van der Waals surface area (Å²) < 4.78 is 0. The van der Waals surface area contributed by atoms with Gasteiger partial charge in [0.1, 0.15) is 5.01 Å². The molecule has 0 fully saturated rings. The fourth-order valence-electron chi connectivity index (χ4n) is 2.07. The second kappa shape index (κ2) is 7.10. The Balaban J connectivity index is 2.44. The minimum Gasteiger partial charge on any atom is -0.302 e. The zero-order chi connectivity index (χ0) is 15.6. The Kier molecular flexibility index (Phi) is 5.67. The molecular weight excluding hydrogens is 323 g/mol. The highest BCUT2D eigenvalue weighted by molar-refractivity contribution is 7.09. The summed E-state index contributed by atoms with van der Waals surface area (Å²) in [7, 11) is 0. The average Bonchev–Trinajstić information content (AvgIpc) is 2.89. The summed E-state index contributed by atoms with van der Waals surface area (Å²) in [6.07, 6.45) is 0. The van der Waals surface area contributed by atoms with Gasteiger partial charge in [0.2, 0.25) is 0 Å². The van der Waals surface area contributed by atoms with Crippen LogP contribution in [-0.2, 0) is 0 Å². The molecule has 1 aromatic heterocycles. The number of thiazole rings is 1. The van der Waals surface area contributed by atoms with Gasteiger partial charge in [0.15, 0.2) is 0 Å². The summed E-state index contributed by atoms with van der Waals surface area (Å²) in [5, 5.41) is 7.85. The van der Waals surface area contributed by atoms with E-state index >= 15 is 0 Å². The van der Waals surface area contributed by atoms with Gasteiger partial charge in [-0.3, -0.25) is 0 Å². The number of aromatic nitrogens is 1. The summed E-state index contributed by atoms with van der Waals surface area (Å²) >= 11 is 14.2. The van der Waals surface area contributed by atoms with Crippen LogP contribution in [0.5, 0.6) is 0 Å². The average molecular weight is 343 g/mol. The Labute approximate surface area is 140 Å². The smallest absolute Gasteiger partial charge is 0.114 e. The molecule has 2 aromatic rings. The molecule has 0 bridgehead atoms. The minimum absolute atomic E-state index is 0.0336. The highest BCUT2D eigenvalue weighted by Gasteiger charge is 2.22. The lowest BCUT2D eigenvalue weighted by Gasteiger charge is -2.21. The second-order valence-corrected chi connectivity index (χ2v) is 7.34. The number of nitrogens with one attached hydrogen (secondary N) is 1. The van der Waals surface area contributed by atoms with E-state index in [0.717, 1.165) is 16.3 Å². The monoisotopic (exact) mass is 342 g/mol.